The van der Waals surface area contributed by atoms with Crippen LogP contribution < -0.4 is 10.6 Å². The molecule has 1 aromatic carbocycles. The van der Waals surface area contributed by atoms with E-state index in [9.17, 15) is 4.79 Å². The number of carbonyl (C=O) groups is 1. The predicted molar refractivity (Wildman–Crippen MR) is 102 cm³/mol. The van der Waals surface area contributed by atoms with Crippen molar-refractivity contribution >= 4 is 11.7 Å². The van der Waals surface area contributed by atoms with Crippen LogP contribution >= 0.6 is 0 Å². The molecule has 26 heavy (non-hydrogen) atoms. The minimum Gasteiger partial charge on any atom is -0.379 e. The largest absolute Gasteiger partial charge is 0.379 e. The second kappa shape index (κ2) is 9.31. The molecule has 6 nitrogen and oxygen atoms in total. The maximum atomic E-state index is 12.4. The second-order valence-corrected chi connectivity index (χ2v) is 6.42. The highest BCUT2D eigenvalue weighted by Crippen LogP contribution is 2.13. The Labute approximate surface area is 154 Å². The average Bonchev–Trinajstić information content (AvgIpc) is 2.70. The van der Waals surface area contributed by atoms with Gasteiger partial charge in [0.2, 0.25) is 0 Å². The molecular formula is C20H26N4O2. The van der Waals surface area contributed by atoms with E-state index in [-0.39, 0.29) is 11.9 Å². The molecule has 1 atom stereocenters. The molecule has 0 aliphatic carbocycles. The zero-order valence-corrected chi connectivity index (χ0v) is 15.1. The van der Waals surface area contributed by atoms with E-state index < -0.39 is 0 Å². The molecule has 0 spiro atoms. The summed E-state index contributed by atoms with van der Waals surface area (Å²) in [4.78, 5) is 19.1. The third-order valence-corrected chi connectivity index (χ3v) is 4.51. The normalized spacial score (nSPS) is 16.0. The van der Waals surface area contributed by atoms with Gasteiger partial charge in [-0.2, -0.15) is 0 Å². The summed E-state index contributed by atoms with van der Waals surface area (Å²) in [6, 6.07) is 13.5. The van der Waals surface area contributed by atoms with Crippen LogP contribution in [0.3, 0.4) is 0 Å². The minimum atomic E-state index is -0.117. The van der Waals surface area contributed by atoms with Crippen molar-refractivity contribution in [3.8, 4) is 0 Å². The van der Waals surface area contributed by atoms with Gasteiger partial charge in [0, 0.05) is 32.4 Å². The van der Waals surface area contributed by atoms with Gasteiger partial charge in [-0.05, 0) is 24.6 Å². The lowest BCUT2D eigenvalue weighted by Crippen LogP contribution is -2.39. The highest BCUT2D eigenvalue weighted by molar-refractivity contribution is 5.94. The van der Waals surface area contributed by atoms with Crippen LogP contribution in [-0.4, -0.2) is 55.2 Å². The molecule has 0 bridgehead atoms. The number of nitrogens with one attached hydrogen (secondary N) is 2. The Morgan fingerprint density at radius 2 is 1.96 bits per heavy atom. The van der Waals surface area contributed by atoms with Crippen molar-refractivity contribution in [2.24, 2.45) is 0 Å². The smallest absolute Gasteiger partial charge is 0.253 e. The fourth-order valence-electron chi connectivity index (χ4n) is 2.90. The molecule has 2 aromatic rings. The number of nitrogens with zero attached hydrogens (tertiary/aromatic N) is 2. The zero-order valence-electron chi connectivity index (χ0n) is 15.1. The monoisotopic (exact) mass is 354 g/mol. The van der Waals surface area contributed by atoms with Gasteiger partial charge in [0.25, 0.3) is 5.91 Å². The summed E-state index contributed by atoms with van der Waals surface area (Å²) in [7, 11) is 0. The fourth-order valence-corrected chi connectivity index (χ4v) is 2.90. The van der Waals surface area contributed by atoms with Crippen molar-refractivity contribution in [1.82, 2.24) is 15.2 Å². The third kappa shape index (κ3) is 5.28. The van der Waals surface area contributed by atoms with Gasteiger partial charge in [-0.15, -0.1) is 0 Å². The molecule has 0 saturated carbocycles. The van der Waals surface area contributed by atoms with Gasteiger partial charge in [-0.3, -0.25) is 9.69 Å². The molecular weight excluding hydrogens is 328 g/mol. The van der Waals surface area contributed by atoms with Crippen LogP contribution in [0.1, 0.15) is 28.9 Å². The number of aromatic nitrogens is 1. The highest BCUT2D eigenvalue weighted by atomic mass is 16.5. The fraction of sp³-hybridized carbons (Fsp3) is 0.400. The van der Waals surface area contributed by atoms with E-state index in [1.165, 1.54) is 0 Å². The van der Waals surface area contributed by atoms with Crippen LogP contribution in [0.25, 0.3) is 0 Å². The zero-order chi connectivity index (χ0) is 18.2. The summed E-state index contributed by atoms with van der Waals surface area (Å²) in [6.45, 7) is 7.34. The number of pyridine rings is 1. The lowest BCUT2D eigenvalue weighted by atomic mass is 10.1. The van der Waals surface area contributed by atoms with Crippen LogP contribution in [0.2, 0.25) is 0 Å². The number of morpholine rings is 1. The van der Waals surface area contributed by atoms with Crippen molar-refractivity contribution in [2.75, 3.05) is 44.7 Å². The number of benzene rings is 1. The topological polar surface area (TPSA) is 66.5 Å². The average molecular weight is 354 g/mol. The highest BCUT2D eigenvalue weighted by Gasteiger charge is 2.12. The van der Waals surface area contributed by atoms with Crippen molar-refractivity contribution in [1.29, 1.82) is 0 Å². The van der Waals surface area contributed by atoms with E-state index in [1.54, 1.807) is 12.3 Å². The number of amides is 1. The maximum Gasteiger partial charge on any atom is 0.253 e. The van der Waals surface area contributed by atoms with E-state index in [0.717, 1.165) is 50.8 Å². The molecule has 1 fully saturated rings. The van der Waals surface area contributed by atoms with Crippen molar-refractivity contribution in [3.05, 3.63) is 59.8 Å². The number of hydrogen-bond donors (Lipinski definition) is 2. The lowest BCUT2D eigenvalue weighted by Gasteiger charge is -2.26. The third-order valence-electron chi connectivity index (χ3n) is 4.51. The maximum absolute atomic E-state index is 12.4. The van der Waals surface area contributed by atoms with Gasteiger partial charge in [-0.1, -0.05) is 30.3 Å². The van der Waals surface area contributed by atoms with Gasteiger partial charge < -0.3 is 15.4 Å². The molecule has 1 aliphatic heterocycles. The lowest BCUT2D eigenvalue weighted by molar-refractivity contribution is 0.0398. The Kier molecular flexibility index (Phi) is 6.57. The van der Waals surface area contributed by atoms with Gasteiger partial charge in [-0.25, -0.2) is 4.98 Å². The number of anilines is 1. The summed E-state index contributed by atoms with van der Waals surface area (Å²) >= 11 is 0. The molecule has 2 heterocycles. The van der Waals surface area contributed by atoms with Crippen molar-refractivity contribution in [3.63, 3.8) is 0 Å². The van der Waals surface area contributed by atoms with E-state index in [1.807, 2.05) is 43.3 Å². The van der Waals surface area contributed by atoms with E-state index >= 15 is 0 Å². The van der Waals surface area contributed by atoms with Crippen LogP contribution in [0, 0.1) is 0 Å². The summed E-state index contributed by atoms with van der Waals surface area (Å²) in [5.74, 6) is 0.666. The van der Waals surface area contributed by atoms with Crippen molar-refractivity contribution in [2.45, 2.75) is 13.0 Å². The van der Waals surface area contributed by atoms with Gasteiger partial charge in [0.1, 0.15) is 5.82 Å². The Balaban J connectivity index is 1.46. The molecule has 3 rings (SSSR count). The predicted octanol–water partition coefficient (Wildman–Crippen LogP) is 2.32. The first-order valence-electron chi connectivity index (χ1n) is 9.08. The summed E-state index contributed by atoms with van der Waals surface area (Å²) in [6.07, 6.45) is 1.62. The molecule has 6 heteroatoms. The second-order valence-electron chi connectivity index (χ2n) is 6.42. The molecule has 0 radical (unpaired) electrons. The van der Waals surface area contributed by atoms with E-state index in [0.29, 0.717) is 5.56 Å². The minimum absolute atomic E-state index is 0.0463. The summed E-state index contributed by atoms with van der Waals surface area (Å²) < 4.78 is 5.34. The number of hydrogen-bond acceptors (Lipinski definition) is 5. The standard InChI is InChI=1S/C20H26N4O2/c1-16(17-5-3-2-4-6-17)23-20(25)18-7-8-19(22-15-18)21-9-10-24-11-13-26-14-12-24/h2-8,15-16H,9-14H2,1H3,(H,21,22)(H,23,25). The molecule has 1 aliphatic rings. The molecule has 1 amide bonds. The molecule has 2 N–H and O–H groups in total. The molecule has 1 unspecified atom stereocenters. The first-order valence-corrected chi connectivity index (χ1v) is 9.08. The van der Waals surface area contributed by atoms with Crippen LogP contribution in [-0.2, 0) is 4.74 Å². The number of rotatable bonds is 7. The van der Waals surface area contributed by atoms with E-state index in [2.05, 4.69) is 20.5 Å². The van der Waals surface area contributed by atoms with Crippen molar-refractivity contribution < 1.29 is 9.53 Å². The molecule has 1 saturated heterocycles. The Morgan fingerprint density at radius 1 is 1.19 bits per heavy atom. The molecule has 1 aromatic heterocycles. The Hall–Kier alpha value is -2.44. The van der Waals surface area contributed by atoms with Crippen LogP contribution in [0.4, 0.5) is 5.82 Å². The molecule has 138 valence electrons. The van der Waals surface area contributed by atoms with Crippen LogP contribution in [0.15, 0.2) is 48.7 Å². The van der Waals surface area contributed by atoms with Gasteiger partial charge in [0.05, 0.1) is 24.8 Å². The van der Waals surface area contributed by atoms with Gasteiger partial charge >= 0.3 is 0 Å². The van der Waals surface area contributed by atoms with Crippen LogP contribution in [0.5, 0.6) is 0 Å². The summed E-state index contributed by atoms with van der Waals surface area (Å²) in [5, 5.41) is 6.30. The van der Waals surface area contributed by atoms with Gasteiger partial charge in [0.15, 0.2) is 0 Å². The number of ether oxygens (including phenoxy) is 1. The first-order chi connectivity index (χ1) is 12.7. The quantitative estimate of drug-likeness (QED) is 0.799. The SMILES string of the molecule is CC(NC(=O)c1ccc(NCCN2CCOCC2)nc1)c1ccccc1. The Morgan fingerprint density at radius 3 is 2.65 bits per heavy atom. The Bertz CT molecular complexity index is 685. The number of carbonyl (C=O) groups excluding carboxylic acids is 1. The van der Waals surface area contributed by atoms with E-state index in [4.69, 9.17) is 4.74 Å². The summed E-state index contributed by atoms with van der Waals surface area (Å²) in [5.41, 5.74) is 1.64. The first kappa shape index (κ1) is 18.4.